The fraction of sp³-hybridized carbons (Fsp3) is 0.357. The Morgan fingerprint density at radius 1 is 1.43 bits per heavy atom. The van der Waals surface area contributed by atoms with E-state index >= 15 is 0 Å². The molecule has 2 aliphatic rings. The number of rotatable bonds is 2. The van der Waals surface area contributed by atoms with Crippen LogP contribution in [0.5, 0.6) is 0 Å². The summed E-state index contributed by atoms with van der Waals surface area (Å²) in [6.07, 6.45) is 0.225. The van der Waals surface area contributed by atoms with Crippen LogP contribution in [0.2, 0.25) is 0 Å². The second-order valence-electron chi connectivity index (χ2n) is 5.27. The molecule has 7 heteroatoms. The first-order valence-corrected chi connectivity index (χ1v) is 6.71. The van der Waals surface area contributed by atoms with Gasteiger partial charge < -0.3 is 15.3 Å². The predicted octanol–water partition coefficient (Wildman–Crippen LogP) is 0.496. The van der Waals surface area contributed by atoms with Crippen LogP contribution >= 0.6 is 0 Å². The molecule has 1 aromatic carbocycles. The molecule has 3 N–H and O–H groups in total. The lowest BCUT2D eigenvalue weighted by Gasteiger charge is -2.27. The summed E-state index contributed by atoms with van der Waals surface area (Å²) in [5.41, 5.74) is 5.72. The lowest BCUT2D eigenvalue weighted by atomic mass is 9.91. The van der Waals surface area contributed by atoms with Crippen LogP contribution in [0.3, 0.4) is 0 Å². The number of fused-ring (bicyclic) bond motifs is 1. The number of hydrogen-bond donors (Lipinski definition) is 3. The Bertz CT molecular complexity index is 641. The molecule has 2 heterocycles. The molecule has 0 aromatic heterocycles. The molecule has 2 aliphatic heterocycles. The van der Waals surface area contributed by atoms with E-state index in [0.717, 1.165) is 16.8 Å². The number of carbonyl (C=O) groups excluding carboxylic acids is 2. The number of benzene rings is 1. The molecule has 0 spiro atoms. The van der Waals surface area contributed by atoms with Gasteiger partial charge in [-0.25, -0.2) is 10.2 Å². The van der Waals surface area contributed by atoms with Crippen molar-refractivity contribution in [3.63, 3.8) is 0 Å². The van der Waals surface area contributed by atoms with Crippen LogP contribution in [-0.2, 0) is 11.3 Å². The van der Waals surface area contributed by atoms with Crippen molar-refractivity contribution in [2.75, 3.05) is 19.0 Å². The Kier molecular flexibility index (Phi) is 3.34. The Labute approximate surface area is 121 Å². The van der Waals surface area contributed by atoms with Crippen LogP contribution in [-0.4, -0.2) is 41.3 Å². The van der Waals surface area contributed by atoms with E-state index in [0.29, 0.717) is 12.3 Å². The maximum absolute atomic E-state index is 11.6. The van der Waals surface area contributed by atoms with Crippen LogP contribution in [0, 0.1) is 5.92 Å². The number of amides is 3. The quantitative estimate of drug-likeness (QED) is 0.739. The fourth-order valence-electron chi connectivity index (χ4n) is 2.58. The van der Waals surface area contributed by atoms with Crippen LogP contribution in [0.25, 0.3) is 0 Å². The molecule has 0 saturated carbocycles. The van der Waals surface area contributed by atoms with Crippen molar-refractivity contribution >= 4 is 23.3 Å². The topological polar surface area (TPSA) is 94.0 Å². The van der Waals surface area contributed by atoms with E-state index < -0.39 is 0 Å². The molecule has 1 aromatic rings. The summed E-state index contributed by atoms with van der Waals surface area (Å²) in [4.78, 5) is 24.5. The minimum atomic E-state index is -0.298. The Morgan fingerprint density at radius 3 is 3.00 bits per heavy atom. The molecule has 0 saturated heterocycles. The Hall–Kier alpha value is -2.41. The molecule has 1 atom stereocenters. The summed E-state index contributed by atoms with van der Waals surface area (Å²) < 4.78 is 0. The summed E-state index contributed by atoms with van der Waals surface area (Å²) in [6.45, 7) is 0.387. The van der Waals surface area contributed by atoms with Gasteiger partial charge in [0.1, 0.15) is 0 Å². The maximum Gasteiger partial charge on any atom is 0.321 e. The maximum atomic E-state index is 11.6. The number of anilines is 1. The lowest BCUT2D eigenvalue weighted by Crippen LogP contribution is -2.37. The third kappa shape index (κ3) is 2.47. The van der Waals surface area contributed by atoms with Crippen LogP contribution in [0.4, 0.5) is 10.5 Å². The van der Waals surface area contributed by atoms with Gasteiger partial charge in [0.15, 0.2) is 0 Å². The third-order valence-electron chi connectivity index (χ3n) is 3.74. The van der Waals surface area contributed by atoms with E-state index in [9.17, 15) is 14.7 Å². The Morgan fingerprint density at radius 2 is 2.24 bits per heavy atom. The minimum Gasteiger partial charge on any atom is -0.396 e. The number of nitrogens with one attached hydrogen (secondary N) is 2. The van der Waals surface area contributed by atoms with Crippen molar-refractivity contribution in [2.24, 2.45) is 11.0 Å². The highest BCUT2D eigenvalue weighted by Crippen LogP contribution is 2.26. The smallest absolute Gasteiger partial charge is 0.321 e. The molecule has 1 unspecified atom stereocenters. The summed E-state index contributed by atoms with van der Waals surface area (Å²) in [6, 6.07) is 5.46. The van der Waals surface area contributed by atoms with Gasteiger partial charge in [0, 0.05) is 31.6 Å². The fourth-order valence-corrected chi connectivity index (χ4v) is 2.58. The number of aliphatic hydroxyl groups is 1. The van der Waals surface area contributed by atoms with Gasteiger partial charge in [-0.1, -0.05) is 6.07 Å². The summed E-state index contributed by atoms with van der Waals surface area (Å²) in [7, 11) is 1.72. The van der Waals surface area contributed by atoms with Crippen molar-refractivity contribution in [1.82, 2.24) is 10.3 Å². The van der Waals surface area contributed by atoms with Crippen LogP contribution < -0.4 is 10.7 Å². The van der Waals surface area contributed by atoms with E-state index in [4.69, 9.17) is 0 Å². The Balaban J connectivity index is 1.95. The van der Waals surface area contributed by atoms with E-state index in [2.05, 4.69) is 15.8 Å². The minimum absolute atomic E-state index is 0.125. The zero-order valence-electron chi connectivity index (χ0n) is 11.6. The van der Waals surface area contributed by atoms with Gasteiger partial charge in [-0.3, -0.25) is 4.79 Å². The summed E-state index contributed by atoms with van der Waals surface area (Å²) >= 11 is 0. The van der Waals surface area contributed by atoms with Crippen molar-refractivity contribution in [3.05, 3.63) is 29.3 Å². The number of urea groups is 1. The number of hydrazone groups is 1. The lowest BCUT2D eigenvalue weighted by molar-refractivity contribution is -0.122. The van der Waals surface area contributed by atoms with Gasteiger partial charge >= 0.3 is 6.03 Å². The van der Waals surface area contributed by atoms with Crippen molar-refractivity contribution < 1.29 is 14.7 Å². The number of aliphatic hydroxyl groups excluding tert-OH is 1. The van der Waals surface area contributed by atoms with Gasteiger partial charge in [0.05, 0.1) is 12.3 Å². The first-order chi connectivity index (χ1) is 10.1. The van der Waals surface area contributed by atoms with Crippen LogP contribution in [0.1, 0.15) is 17.5 Å². The van der Waals surface area contributed by atoms with Gasteiger partial charge in [-0.05, 0) is 23.3 Å². The van der Waals surface area contributed by atoms with Crippen molar-refractivity contribution in [1.29, 1.82) is 0 Å². The molecule has 3 rings (SSSR count). The standard InChI is InChI=1S/C14H16N4O3/c1-18-6-9-4-8(2-3-11(9)15-14(18)21)13-10(7-19)5-12(20)16-17-13/h2-4,10,19H,5-7H2,1H3,(H,15,21)(H,16,20). The molecule has 0 aliphatic carbocycles. The highest BCUT2D eigenvalue weighted by atomic mass is 16.3. The highest BCUT2D eigenvalue weighted by molar-refractivity contribution is 6.06. The predicted molar refractivity (Wildman–Crippen MR) is 76.8 cm³/mol. The second-order valence-corrected chi connectivity index (χ2v) is 5.27. The van der Waals surface area contributed by atoms with Crippen LogP contribution in [0.15, 0.2) is 23.3 Å². The normalized spacial score (nSPS) is 21.3. The molecular formula is C14H16N4O3. The molecule has 7 nitrogen and oxygen atoms in total. The zero-order valence-corrected chi connectivity index (χ0v) is 11.6. The highest BCUT2D eigenvalue weighted by Gasteiger charge is 2.26. The van der Waals surface area contributed by atoms with E-state index in [1.807, 2.05) is 18.2 Å². The molecule has 3 amide bonds. The largest absolute Gasteiger partial charge is 0.396 e. The van der Waals surface area contributed by atoms with Gasteiger partial charge in [-0.2, -0.15) is 5.10 Å². The second kappa shape index (κ2) is 5.17. The van der Waals surface area contributed by atoms with E-state index in [1.54, 1.807) is 11.9 Å². The summed E-state index contributed by atoms with van der Waals surface area (Å²) in [5.74, 6) is -0.490. The summed E-state index contributed by atoms with van der Waals surface area (Å²) in [5, 5.41) is 16.3. The average Bonchev–Trinajstić information content (AvgIpc) is 2.48. The first kappa shape index (κ1) is 13.6. The molecule has 0 fully saturated rings. The number of hydrogen-bond acceptors (Lipinski definition) is 4. The number of carbonyl (C=O) groups is 2. The van der Waals surface area contributed by atoms with Crippen molar-refractivity contribution in [2.45, 2.75) is 13.0 Å². The van der Waals surface area contributed by atoms with E-state index in [1.165, 1.54) is 0 Å². The average molecular weight is 288 g/mol. The molecule has 110 valence electrons. The molecule has 21 heavy (non-hydrogen) atoms. The molecule has 0 radical (unpaired) electrons. The molecule has 0 bridgehead atoms. The third-order valence-corrected chi connectivity index (χ3v) is 3.74. The SMILES string of the molecule is CN1Cc2cc(C3=NNC(=O)CC3CO)ccc2NC1=O. The first-order valence-electron chi connectivity index (χ1n) is 6.71. The monoisotopic (exact) mass is 288 g/mol. The van der Waals surface area contributed by atoms with E-state index in [-0.39, 0.29) is 30.9 Å². The van der Waals surface area contributed by atoms with Gasteiger partial charge in [0.25, 0.3) is 0 Å². The zero-order chi connectivity index (χ0) is 15.0. The van der Waals surface area contributed by atoms with Gasteiger partial charge in [-0.15, -0.1) is 0 Å². The number of nitrogens with zero attached hydrogens (tertiary/aromatic N) is 2. The molecular weight excluding hydrogens is 272 g/mol. The van der Waals surface area contributed by atoms with Gasteiger partial charge in [0.2, 0.25) is 5.91 Å². The van der Waals surface area contributed by atoms with Crippen molar-refractivity contribution in [3.8, 4) is 0 Å².